The maximum Gasteiger partial charge on any atom is 0.335 e. The number of carboxylic acid groups (broad SMARTS) is 1. The van der Waals surface area contributed by atoms with Gasteiger partial charge in [-0.1, -0.05) is 35.3 Å². The van der Waals surface area contributed by atoms with Gasteiger partial charge in [-0.3, -0.25) is 0 Å². The van der Waals surface area contributed by atoms with Crippen molar-refractivity contribution in [1.29, 1.82) is 0 Å². The van der Waals surface area contributed by atoms with E-state index in [2.05, 4.69) is 0 Å². The number of benzene rings is 2. The van der Waals surface area contributed by atoms with Gasteiger partial charge in [0.25, 0.3) is 0 Å². The minimum Gasteiger partial charge on any atom is -0.478 e. The first-order valence-corrected chi connectivity index (χ1v) is 7.27. The quantitative estimate of drug-likeness (QED) is 0.721. The Morgan fingerprint density at radius 1 is 0.955 bits per heavy atom. The first-order valence-electron chi connectivity index (χ1n) is 6.51. The summed E-state index contributed by atoms with van der Waals surface area (Å²) in [5.74, 6) is -0.942. The van der Waals surface area contributed by atoms with Crippen molar-refractivity contribution >= 4 is 29.2 Å². The zero-order chi connectivity index (χ0) is 15.7. The smallest absolute Gasteiger partial charge is 0.335 e. The van der Waals surface area contributed by atoms with Crippen molar-refractivity contribution in [3.8, 4) is 16.8 Å². The zero-order valence-electron chi connectivity index (χ0n) is 11.3. The van der Waals surface area contributed by atoms with Gasteiger partial charge in [-0.05, 0) is 47.5 Å². The van der Waals surface area contributed by atoms with Crippen LogP contribution in [0.5, 0.6) is 0 Å². The molecule has 1 N–H and O–H groups in total. The third-order valence-electron chi connectivity index (χ3n) is 3.28. The molecule has 0 unspecified atom stereocenters. The van der Waals surface area contributed by atoms with E-state index in [0.717, 1.165) is 16.8 Å². The predicted molar refractivity (Wildman–Crippen MR) is 88.2 cm³/mol. The molecule has 0 aliphatic carbocycles. The second-order valence-corrected chi connectivity index (χ2v) is 5.69. The molecule has 0 saturated heterocycles. The molecule has 1 aromatic heterocycles. The van der Waals surface area contributed by atoms with Gasteiger partial charge in [0.2, 0.25) is 0 Å². The molecule has 22 heavy (non-hydrogen) atoms. The van der Waals surface area contributed by atoms with Crippen LogP contribution in [0.3, 0.4) is 0 Å². The van der Waals surface area contributed by atoms with Gasteiger partial charge in [0.15, 0.2) is 0 Å². The Morgan fingerprint density at radius 3 is 2.36 bits per heavy atom. The summed E-state index contributed by atoms with van der Waals surface area (Å²) in [6, 6.07) is 14.0. The van der Waals surface area contributed by atoms with Crippen molar-refractivity contribution in [3.63, 3.8) is 0 Å². The SMILES string of the molecule is O=C(O)c1cccc(-c2ccn(-c3cc(Cl)cc(Cl)c3)c2)c1. The minimum atomic E-state index is -0.942. The number of nitrogens with zero attached hydrogens (tertiary/aromatic N) is 1. The number of halogens is 2. The molecule has 0 amide bonds. The zero-order valence-corrected chi connectivity index (χ0v) is 12.8. The number of aromatic carboxylic acids is 1. The van der Waals surface area contributed by atoms with Crippen LogP contribution in [-0.2, 0) is 0 Å². The first kappa shape index (κ1) is 14.7. The number of carbonyl (C=O) groups is 1. The predicted octanol–water partition coefficient (Wildman–Crippen LogP) is 5.15. The fourth-order valence-corrected chi connectivity index (χ4v) is 2.76. The summed E-state index contributed by atoms with van der Waals surface area (Å²) in [5.41, 5.74) is 2.86. The highest BCUT2D eigenvalue weighted by molar-refractivity contribution is 6.34. The van der Waals surface area contributed by atoms with Crippen LogP contribution in [0.2, 0.25) is 10.0 Å². The van der Waals surface area contributed by atoms with Crippen LogP contribution in [0.25, 0.3) is 16.8 Å². The van der Waals surface area contributed by atoms with Crippen LogP contribution in [0.4, 0.5) is 0 Å². The summed E-state index contributed by atoms with van der Waals surface area (Å²) in [6.07, 6.45) is 3.79. The maximum absolute atomic E-state index is 11.1. The van der Waals surface area contributed by atoms with Gasteiger partial charge < -0.3 is 9.67 Å². The Bertz CT molecular complexity index is 835. The lowest BCUT2D eigenvalue weighted by Crippen LogP contribution is -1.95. The number of hydrogen-bond donors (Lipinski definition) is 1. The van der Waals surface area contributed by atoms with Gasteiger partial charge in [0.1, 0.15) is 0 Å². The summed E-state index contributed by atoms with van der Waals surface area (Å²) in [4.78, 5) is 11.1. The van der Waals surface area contributed by atoms with E-state index >= 15 is 0 Å². The normalized spacial score (nSPS) is 10.6. The largest absolute Gasteiger partial charge is 0.478 e. The number of rotatable bonds is 3. The molecule has 0 fully saturated rings. The summed E-state index contributed by atoms with van der Waals surface area (Å²) >= 11 is 12.0. The Morgan fingerprint density at radius 2 is 1.68 bits per heavy atom. The fraction of sp³-hybridized carbons (Fsp3) is 0. The maximum atomic E-state index is 11.1. The Hall–Kier alpha value is -2.23. The molecule has 3 rings (SSSR count). The van der Waals surface area contributed by atoms with Crippen molar-refractivity contribution in [3.05, 3.63) is 76.5 Å². The molecule has 0 spiro atoms. The molecule has 0 saturated carbocycles. The van der Waals surface area contributed by atoms with E-state index in [9.17, 15) is 4.79 Å². The highest BCUT2D eigenvalue weighted by Gasteiger charge is 2.07. The van der Waals surface area contributed by atoms with Gasteiger partial charge >= 0.3 is 5.97 Å². The van der Waals surface area contributed by atoms with Gasteiger partial charge in [0, 0.05) is 28.1 Å². The standard InChI is InChI=1S/C17H11Cl2NO2/c18-14-7-15(19)9-16(8-14)20-5-4-13(10-20)11-2-1-3-12(6-11)17(21)22/h1-10H,(H,21,22). The summed E-state index contributed by atoms with van der Waals surface area (Å²) in [7, 11) is 0. The number of aromatic nitrogens is 1. The van der Waals surface area contributed by atoms with Gasteiger partial charge in [-0.25, -0.2) is 4.79 Å². The molecule has 0 bridgehead atoms. The molecule has 110 valence electrons. The van der Waals surface area contributed by atoms with Crippen LogP contribution in [0.1, 0.15) is 10.4 Å². The lowest BCUT2D eigenvalue weighted by atomic mass is 10.1. The van der Waals surface area contributed by atoms with E-state index in [0.29, 0.717) is 10.0 Å². The molecule has 3 aromatic rings. The topological polar surface area (TPSA) is 42.2 Å². The average molecular weight is 332 g/mol. The van der Waals surface area contributed by atoms with Gasteiger partial charge in [-0.2, -0.15) is 0 Å². The van der Waals surface area contributed by atoms with E-state index in [1.807, 2.05) is 41.2 Å². The second kappa shape index (κ2) is 5.87. The van der Waals surface area contributed by atoms with E-state index < -0.39 is 5.97 Å². The lowest BCUT2D eigenvalue weighted by molar-refractivity contribution is 0.0697. The van der Waals surface area contributed by atoms with Crippen LogP contribution in [0.15, 0.2) is 60.9 Å². The van der Waals surface area contributed by atoms with Crippen LogP contribution >= 0.6 is 23.2 Å². The molecule has 1 heterocycles. The lowest BCUT2D eigenvalue weighted by Gasteiger charge is -2.04. The molecule has 5 heteroatoms. The summed E-state index contributed by atoms with van der Waals surface area (Å²) in [5, 5.41) is 10.2. The summed E-state index contributed by atoms with van der Waals surface area (Å²) < 4.78 is 1.89. The highest BCUT2D eigenvalue weighted by atomic mass is 35.5. The van der Waals surface area contributed by atoms with Gasteiger partial charge in [0.05, 0.1) is 5.56 Å². The third kappa shape index (κ3) is 3.01. The second-order valence-electron chi connectivity index (χ2n) is 4.82. The number of carboxylic acids is 1. The van der Waals surface area contributed by atoms with Crippen molar-refractivity contribution in [2.75, 3.05) is 0 Å². The Balaban J connectivity index is 2.00. The van der Waals surface area contributed by atoms with Crippen molar-refractivity contribution in [2.45, 2.75) is 0 Å². The minimum absolute atomic E-state index is 0.260. The third-order valence-corrected chi connectivity index (χ3v) is 3.72. The van der Waals surface area contributed by atoms with Crippen molar-refractivity contribution in [1.82, 2.24) is 4.57 Å². The molecule has 2 aromatic carbocycles. The molecule has 0 aliphatic rings. The summed E-state index contributed by atoms with van der Waals surface area (Å²) in [6.45, 7) is 0. The number of hydrogen-bond acceptors (Lipinski definition) is 1. The van der Waals surface area contributed by atoms with Crippen LogP contribution in [0, 0.1) is 0 Å². The highest BCUT2D eigenvalue weighted by Crippen LogP contribution is 2.26. The van der Waals surface area contributed by atoms with Crippen LogP contribution in [-0.4, -0.2) is 15.6 Å². The fourth-order valence-electron chi connectivity index (χ4n) is 2.25. The molecular weight excluding hydrogens is 321 g/mol. The van der Waals surface area contributed by atoms with Crippen molar-refractivity contribution in [2.24, 2.45) is 0 Å². The molecule has 0 aliphatic heterocycles. The van der Waals surface area contributed by atoms with Crippen molar-refractivity contribution < 1.29 is 9.90 Å². The van der Waals surface area contributed by atoms with Crippen LogP contribution < -0.4 is 0 Å². The Kier molecular flexibility index (Phi) is 3.92. The Labute approximate surface area is 137 Å². The van der Waals surface area contributed by atoms with E-state index in [-0.39, 0.29) is 5.56 Å². The molecule has 3 nitrogen and oxygen atoms in total. The first-order chi connectivity index (χ1) is 10.5. The van der Waals surface area contributed by atoms with E-state index in [1.165, 1.54) is 0 Å². The monoisotopic (exact) mass is 331 g/mol. The van der Waals surface area contributed by atoms with E-state index in [1.54, 1.807) is 24.3 Å². The molecule has 0 atom stereocenters. The molecule has 0 radical (unpaired) electrons. The molecular formula is C17H11Cl2NO2. The van der Waals surface area contributed by atoms with E-state index in [4.69, 9.17) is 28.3 Å². The average Bonchev–Trinajstić information content (AvgIpc) is 2.96. The van der Waals surface area contributed by atoms with Gasteiger partial charge in [-0.15, -0.1) is 0 Å².